The maximum atomic E-state index is 12.7. The molecule has 0 aliphatic carbocycles. The SMILES string of the molecule is CSc1ccc(C(=NOC[SH](=O)=O)C(F)(F)F)cc1. The van der Waals surface area contributed by atoms with Gasteiger partial charge in [-0.25, -0.2) is 8.42 Å². The Morgan fingerprint density at radius 1 is 1.32 bits per heavy atom. The van der Waals surface area contributed by atoms with Crippen LogP contribution in [0.5, 0.6) is 0 Å². The molecule has 0 heterocycles. The summed E-state index contributed by atoms with van der Waals surface area (Å²) in [7, 11) is -2.94. The van der Waals surface area contributed by atoms with Gasteiger partial charge in [-0.2, -0.15) is 13.2 Å². The molecule has 0 radical (unpaired) electrons. The van der Waals surface area contributed by atoms with Gasteiger partial charge in [-0.1, -0.05) is 17.3 Å². The number of thiol groups is 1. The predicted octanol–water partition coefficient (Wildman–Crippen LogP) is 2.26. The van der Waals surface area contributed by atoms with E-state index in [4.69, 9.17) is 0 Å². The van der Waals surface area contributed by atoms with E-state index in [0.717, 1.165) is 4.90 Å². The molecular formula is C10H10F3NO3S2. The highest BCUT2D eigenvalue weighted by atomic mass is 32.2. The molecule has 1 aromatic rings. The molecule has 0 aliphatic heterocycles. The van der Waals surface area contributed by atoms with Gasteiger partial charge in [0.1, 0.15) is 0 Å². The molecule has 1 aromatic carbocycles. The first kappa shape index (κ1) is 15.8. The highest BCUT2D eigenvalue weighted by Gasteiger charge is 2.37. The number of rotatable bonds is 5. The number of nitrogens with zero attached hydrogens (tertiary/aromatic N) is 1. The van der Waals surface area contributed by atoms with E-state index in [1.165, 1.54) is 36.0 Å². The van der Waals surface area contributed by atoms with Crippen molar-refractivity contribution in [3.05, 3.63) is 29.8 Å². The highest BCUT2D eigenvalue weighted by molar-refractivity contribution is 7.98. The van der Waals surface area contributed by atoms with Crippen molar-refractivity contribution >= 4 is 28.2 Å². The molecule has 4 nitrogen and oxygen atoms in total. The molecular weight excluding hydrogens is 303 g/mol. The maximum absolute atomic E-state index is 12.7. The Hall–Kier alpha value is -1.22. The van der Waals surface area contributed by atoms with Crippen molar-refractivity contribution in [1.82, 2.24) is 0 Å². The first-order valence-corrected chi connectivity index (χ1v) is 7.46. The van der Waals surface area contributed by atoms with Gasteiger partial charge in [0.15, 0.2) is 16.4 Å². The summed E-state index contributed by atoms with van der Waals surface area (Å²) < 4.78 is 58.7. The summed E-state index contributed by atoms with van der Waals surface area (Å²) in [6, 6.07) is 5.52. The second-order valence-electron chi connectivity index (χ2n) is 3.26. The second kappa shape index (κ2) is 6.80. The number of halogens is 3. The van der Waals surface area contributed by atoms with Crippen LogP contribution in [0.2, 0.25) is 0 Å². The molecule has 0 unspecified atom stereocenters. The summed E-state index contributed by atoms with van der Waals surface area (Å²) >= 11 is 1.39. The van der Waals surface area contributed by atoms with Crippen molar-refractivity contribution < 1.29 is 26.4 Å². The average Bonchev–Trinajstić information content (AvgIpc) is 2.33. The van der Waals surface area contributed by atoms with E-state index in [-0.39, 0.29) is 5.56 Å². The van der Waals surface area contributed by atoms with Crippen LogP contribution in [0, 0.1) is 0 Å². The molecule has 0 aromatic heterocycles. The molecule has 0 spiro atoms. The summed E-state index contributed by atoms with van der Waals surface area (Å²) in [6.07, 6.45) is -2.93. The molecule has 0 saturated heterocycles. The number of alkyl halides is 3. The van der Waals surface area contributed by atoms with Gasteiger partial charge in [0.2, 0.25) is 5.94 Å². The third kappa shape index (κ3) is 5.11. The van der Waals surface area contributed by atoms with Crippen LogP contribution in [-0.2, 0) is 15.5 Å². The fourth-order valence-electron chi connectivity index (χ4n) is 1.16. The van der Waals surface area contributed by atoms with Gasteiger partial charge in [0.05, 0.1) is 0 Å². The van der Waals surface area contributed by atoms with Crippen LogP contribution in [0.25, 0.3) is 0 Å². The predicted molar refractivity (Wildman–Crippen MR) is 67.1 cm³/mol. The lowest BCUT2D eigenvalue weighted by Gasteiger charge is -2.10. The van der Waals surface area contributed by atoms with Gasteiger partial charge >= 0.3 is 6.18 Å². The quantitative estimate of drug-likeness (QED) is 0.392. The van der Waals surface area contributed by atoms with E-state index in [2.05, 4.69) is 9.99 Å². The van der Waals surface area contributed by atoms with Gasteiger partial charge < -0.3 is 4.84 Å². The Morgan fingerprint density at radius 3 is 2.32 bits per heavy atom. The van der Waals surface area contributed by atoms with E-state index in [0.29, 0.717) is 0 Å². The lowest BCUT2D eigenvalue weighted by Crippen LogP contribution is -2.24. The summed E-state index contributed by atoms with van der Waals surface area (Å²) in [5.74, 6) is -0.891. The van der Waals surface area contributed by atoms with Gasteiger partial charge in [0.25, 0.3) is 0 Å². The number of hydrogen-bond donors (Lipinski definition) is 1. The van der Waals surface area contributed by atoms with E-state index in [9.17, 15) is 21.6 Å². The minimum Gasteiger partial charge on any atom is -0.379 e. The lowest BCUT2D eigenvalue weighted by molar-refractivity contribution is -0.0610. The average molecular weight is 313 g/mol. The summed E-state index contributed by atoms with van der Waals surface area (Å²) in [6.45, 7) is 0. The van der Waals surface area contributed by atoms with Crippen molar-refractivity contribution in [1.29, 1.82) is 0 Å². The summed E-state index contributed by atoms with van der Waals surface area (Å²) in [5, 5.41) is 2.86. The molecule has 19 heavy (non-hydrogen) atoms. The van der Waals surface area contributed by atoms with Crippen molar-refractivity contribution in [2.24, 2.45) is 5.16 Å². The molecule has 0 fully saturated rings. The first-order valence-electron chi connectivity index (χ1n) is 4.88. The molecule has 1 rings (SSSR count). The van der Waals surface area contributed by atoms with Gasteiger partial charge in [-0.15, -0.1) is 11.8 Å². The molecule has 0 amide bonds. The normalized spacial score (nSPS) is 12.8. The minimum absolute atomic E-state index is 0.188. The Labute approximate surface area is 113 Å². The second-order valence-corrected chi connectivity index (χ2v) is 5.06. The van der Waals surface area contributed by atoms with Gasteiger partial charge in [-0.3, -0.25) is 0 Å². The zero-order chi connectivity index (χ0) is 14.5. The van der Waals surface area contributed by atoms with Crippen LogP contribution < -0.4 is 0 Å². The smallest absolute Gasteiger partial charge is 0.379 e. The third-order valence-corrected chi connectivity index (χ3v) is 3.02. The van der Waals surface area contributed by atoms with Crippen LogP contribution in [0.15, 0.2) is 34.3 Å². The topological polar surface area (TPSA) is 55.7 Å². The number of hydrogen-bond acceptors (Lipinski definition) is 5. The monoisotopic (exact) mass is 313 g/mol. The van der Waals surface area contributed by atoms with Gasteiger partial charge in [0, 0.05) is 10.5 Å². The van der Waals surface area contributed by atoms with Crippen molar-refractivity contribution in [3.8, 4) is 0 Å². The number of thioether (sulfide) groups is 1. The third-order valence-electron chi connectivity index (χ3n) is 1.95. The molecule has 0 aliphatic rings. The number of oxime groups is 1. The van der Waals surface area contributed by atoms with Crippen molar-refractivity contribution in [2.45, 2.75) is 11.1 Å². The van der Waals surface area contributed by atoms with Crippen LogP contribution in [0.3, 0.4) is 0 Å². The Bertz CT molecular complexity index is 516. The largest absolute Gasteiger partial charge is 0.437 e. The van der Waals surface area contributed by atoms with E-state index < -0.39 is 28.5 Å². The fourth-order valence-corrected chi connectivity index (χ4v) is 1.72. The Balaban J connectivity index is 3.02. The zero-order valence-corrected chi connectivity index (χ0v) is 11.4. The Kier molecular flexibility index (Phi) is 5.67. The van der Waals surface area contributed by atoms with E-state index in [1.54, 1.807) is 6.26 Å². The van der Waals surface area contributed by atoms with Crippen molar-refractivity contribution in [3.63, 3.8) is 0 Å². The fraction of sp³-hybridized carbons (Fsp3) is 0.300. The zero-order valence-electron chi connectivity index (χ0n) is 9.68. The summed E-state index contributed by atoms with van der Waals surface area (Å²) in [5.41, 5.74) is -1.46. The molecule has 9 heteroatoms. The molecule has 0 saturated carbocycles. The highest BCUT2D eigenvalue weighted by Crippen LogP contribution is 2.24. The van der Waals surface area contributed by atoms with Crippen LogP contribution in [-0.4, -0.2) is 32.5 Å². The molecule has 106 valence electrons. The molecule has 0 bridgehead atoms. The lowest BCUT2D eigenvalue weighted by atomic mass is 10.1. The van der Waals surface area contributed by atoms with E-state index >= 15 is 0 Å². The molecule has 0 atom stereocenters. The maximum Gasteiger partial charge on any atom is 0.437 e. The van der Waals surface area contributed by atoms with Crippen LogP contribution >= 0.6 is 11.8 Å². The van der Waals surface area contributed by atoms with Gasteiger partial charge in [-0.05, 0) is 18.4 Å². The van der Waals surface area contributed by atoms with Crippen LogP contribution in [0.1, 0.15) is 5.56 Å². The van der Waals surface area contributed by atoms with Crippen molar-refractivity contribution in [2.75, 3.05) is 12.2 Å². The number of benzene rings is 1. The minimum atomic E-state index is -4.73. The first-order chi connectivity index (χ1) is 8.84. The van der Waals surface area contributed by atoms with Crippen LogP contribution in [0.4, 0.5) is 13.2 Å². The Morgan fingerprint density at radius 2 is 1.89 bits per heavy atom. The summed E-state index contributed by atoms with van der Waals surface area (Å²) in [4.78, 5) is 4.96. The standard InChI is InChI=1S/C10H10F3NO3S2/c1-18-8-4-2-7(3-5-8)9(10(11,12)13)14-17-6-19(15)16/h2-5,19H,6H2,1H3. The molecule has 0 N–H and O–H groups in total. The van der Waals surface area contributed by atoms with E-state index in [1.807, 2.05) is 0 Å².